The Morgan fingerprint density at radius 2 is 1.94 bits per heavy atom. The van der Waals surface area contributed by atoms with Crippen LogP contribution < -0.4 is 10.1 Å². The fourth-order valence-electron chi connectivity index (χ4n) is 4.78. The van der Waals surface area contributed by atoms with E-state index in [4.69, 9.17) is 16.3 Å². The Hall–Kier alpha value is -3.24. The number of ether oxygens (including phenoxy) is 1. The number of anilines is 1. The maximum Gasteiger partial charge on any atom is 0.176 e. The van der Waals surface area contributed by atoms with E-state index in [1.807, 2.05) is 12.1 Å². The van der Waals surface area contributed by atoms with Crippen LogP contribution in [0.25, 0.3) is 0 Å². The van der Waals surface area contributed by atoms with Gasteiger partial charge in [-0.2, -0.15) is 0 Å². The van der Waals surface area contributed by atoms with Crippen molar-refractivity contribution in [3.63, 3.8) is 0 Å². The van der Waals surface area contributed by atoms with E-state index in [0.717, 1.165) is 17.7 Å². The van der Waals surface area contributed by atoms with Crippen molar-refractivity contribution in [2.45, 2.75) is 25.3 Å². The summed E-state index contributed by atoms with van der Waals surface area (Å²) in [7, 11) is 1.49. The van der Waals surface area contributed by atoms with Gasteiger partial charge in [0.25, 0.3) is 0 Å². The molecule has 2 N–H and O–H groups in total. The molecule has 0 spiro atoms. The molecule has 5 rings (SSSR count). The molecule has 0 fully saturated rings. The van der Waals surface area contributed by atoms with Gasteiger partial charge in [0.2, 0.25) is 0 Å². The Morgan fingerprint density at radius 1 is 1.12 bits per heavy atom. The van der Waals surface area contributed by atoms with E-state index >= 15 is 0 Å². The van der Waals surface area contributed by atoms with E-state index in [1.165, 1.54) is 29.5 Å². The molecule has 3 aromatic carbocycles. The molecular weight excluding hydrogens is 420 g/mol. The molecule has 32 heavy (non-hydrogen) atoms. The lowest BCUT2D eigenvalue weighted by molar-refractivity contribution is 0.373. The lowest BCUT2D eigenvalue weighted by atomic mass is 9.76. The van der Waals surface area contributed by atoms with Crippen molar-refractivity contribution in [3.05, 3.63) is 94.0 Å². The summed E-state index contributed by atoms with van der Waals surface area (Å²) in [6.07, 6.45) is 7.49. The number of aromatic hydroxyl groups is 1. The first kappa shape index (κ1) is 20.7. The van der Waals surface area contributed by atoms with E-state index < -0.39 is 0 Å². The zero-order valence-corrected chi connectivity index (χ0v) is 18.8. The van der Waals surface area contributed by atoms with Gasteiger partial charge in [0.05, 0.1) is 23.9 Å². The molecule has 1 aliphatic carbocycles. The first-order valence-electron chi connectivity index (χ1n) is 10.8. The average Bonchev–Trinajstić information content (AvgIpc) is 3.30. The third-order valence-corrected chi connectivity index (χ3v) is 6.69. The average molecular weight is 445 g/mol. The molecule has 4 nitrogen and oxygen atoms in total. The largest absolute Gasteiger partial charge is 0.503 e. The lowest BCUT2D eigenvalue weighted by Crippen LogP contribution is -2.29. The molecule has 0 saturated heterocycles. The first-order chi connectivity index (χ1) is 15.5. The van der Waals surface area contributed by atoms with Gasteiger partial charge in [-0.25, -0.2) is 0 Å². The number of phenols is 1. The van der Waals surface area contributed by atoms with Gasteiger partial charge < -0.3 is 15.2 Å². The molecule has 1 heterocycles. The van der Waals surface area contributed by atoms with E-state index in [-0.39, 0.29) is 16.8 Å². The van der Waals surface area contributed by atoms with Crippen LogP contribution in [0.3, 0.4) is 0 Å². The molecule has 0 aromatic heterocycles. The molecule has 0 radical (unpaired) electrons. The van der Waals surface area contributed by atoms with Crippen molar-refractivity contribution < 1.29 is 9.84 Å². The fraction of sp³-hybridized carbons (Fsp3) is 0.222. The van der Waals surface area contributed by atoms with Crippen LogP contribution in [0.2, 0.25) is 5.02 Å². The number of benzene rings is 3. The molecule has 3 atom stereocenters. The van der Waals surface area contributed by atoms with Crippen molar-refractivity contribution in [2.24, 2.45) is 10.9 Å². The molecule has 162 valence electrons. The maximum absolute atomic E-state index is 9.89. The minimum absolute atomic E-state index is 0.0629. The van der Waals surface area contributed by atoms with Crippen molar-refractivity contribution in [1.29, 1.82) is 0 Å². The second-order valence-electron chi connectivity index (χ2n) is 8.47. The number of halogens is 1. The smallest absolute Gasteiger partial charge is 0.176 e. The van der Waals surface area contributed by atoms with E-state index in [1.54, 1.807) is 18.3 Å². The summed E-state index contributed by atoms with van der Waals surface area (Å²) in [6, 6.07) is 18.7. The Balaban J connectivity index is 1.38. The summed E-state index contributed by atoms with van der Waals surface area (Å²) in [6.45, 7) is 2.15. The number of hydrogen-bond acceptors (Lipinski definition) is 4. The molecule has 3 aromatic rings. The number of fused-ring (bicyclic) bond motifs is 3. The molecule has 0 amide bonds. The number of phenolic OH excluding ortho intramolecular Hbond substituents is 1. The van der Waals surface area contributed by atoms with Gasteiger partial charge in [0.15, 0.2) is 11.5 Å². The summed E-state index contributed by atoms with van der Waals surface area (Å²) >= 11 is 6.07. The Labute approximate surface area is 193 Å². The second-order valence-corrected chi connectivity index (χ2v) is 8.88. The third-order valence-electron chi connectivity index (χ3n) is 6.40. The zero-order chi connectivity index (χ0) is 22.2. The van der Waals surface area contributed by atoms with Crippen molar-refractivity contribution in [1.82, 2.24) is 0 Å². The van der Waals surface area contributed by atoms with Gasteiger partial charge in [-0.1, -0.05) is 53.6 Å². The van der Waals surface area contributed by atoms with Crippen LogP contribution in [0.5, 0.6) is 11.5 Å². The predicted molar refractivity (Wildman–Crippen MR) is 131 cm³/mol. The molecule has 0 unspecified atom stereocenters. The predicted octanol–water partition coefficient (Wildman–Crippen LogP) is 6.94. The van der Waals surface area contributed by atoms with Crippen LogP contribution in [-0.2, 0) is 0 Å². The quantitative estimate of drug-likeness (QED) is 0.338. The number of methoxy groups -OCH3 is 1. The molecule has 0 bridgehead atoms. The van der Waals surface area contributed by atoms with Crippen molar-refractivity contribution >= 4 is 29.2 Å². The van der Waals surface area contributed by atoms with Crippen molar-refractivity contribution in [2.75, 3.05) is 12.4 Å². The number of aryl methyl sites for hydroxylation is 1. The summed E-state index contributed by atoms with van der Waals surface area (Å²) in [4.78, 5) is 4.57. The highest BCUT2D eigenvalue weighted by Gasteiger charge is 2.37. The summed E-state index contributed by atoms with van der Waals surface area (Å²) in [5.41, 5.74) is 6.82. The lowest BCUT2D eigenvalue weighted by Gasteiger charge is -2.37. The van der Waals surface area contributed by atoms with Gasteiger partial charge >= 0.3 is 0 Å². The summed E-state index contributed by atoms with van der Waals surface area (Å²) in [5.74, 6) is 1.24. The normalized spacial score (nSPS) is 21.3. The second kappa shape index (κ2) is 8.36. The minimum Gasteiger partial charge on any atom is -0.503 e. The Bertz CT molecular complexity index is 1220. The van der Waals surface area contributed by atoms with Crippen LogP contribution >= 0.6 is 11.6 Å². The number of nitrogens with one attached hydrogen (secondary N) is 1. The van der Waals surface area contributed by atoms with Crippen LogP contribution in [0.15, 0.2) is 71.7 Å². The number of aliphatic imine (C=N–C) groups is 1. The van der Waals surface area contributed by atoms with Gasteiger partial charge in [0.1, 0.15) is 0 Å². The fourth-order valence-corrected chi connectivity index (χ4v) is 5.00. The van der Waals surface area contributed by atoms with Gasteiger partial charge in [-0.3, -0.25) is 4.99 Å². The summed E-state index contributed by atoms with van der Waals surface area (Å²) < 4.78 is 5.16. The molecule has 1 aliphatic heterocycles. The van der Waals surface area contributed by atoms with E-state index in [2.05, 4.69) is 59.7 Å². The van der Waals surface area contributed by atoms with Crippen molar-refractivity contribution in [3.8, 4) is 11.5 Å². The maximum atomic E-state index is 9.89. The van der Waals surface area contributed by atoms with E-state index in [9.17, 15) is 5.11 Å². The number of rotatable bonds is 4. The molecule has 0 saturated carbocycles. The van der Waals surface area contributed by atoms with Crippen LogP contribution in [0.4, 0.5) is 11.4 Å². The molecule has 2 aliphatic rings. The summed E-state index contributed by atoms with van der Waals surface area (Å²) in [5, 5.41) is 13.9. The number of hydrogen-bond donors (Lipinski definition) is 2. The van der Waals surface area contributed by atoms with E-state index in [0.29, 0.717) is 17.6 Å². The topological polar surface area (TPSA) is 53.8 Å². The Morgan fingerprint density at radius 3 is 2.72 bits per heavy atom. The highest BCUT2D eigenvalue weighted by Crippen LogP contribution is 2.50. The highest BCUT2D eigenvalue weighted by atomic mass is 35.5. The monoisotopic (exact) mass is 444 g/mol. The number of nitrogens with zero attached hydrogens (tertiary/aromatic N) is 1. The van der Waals surface area contributed by atoms with Gasteiger partial charge in [0, 0.05) is 17.8 Å². The van der Waals surface area contributed by atoms with Crippen LogP contribution in [0, 0.1) is 12.8 Å². The number of allylic oxidation sites excluding steroid dienone is 2. The highest BCUT2D eigenvalue weighted by molar-refractivity contribution is 6.32. The molecule has 5 heteroatoms. The van der Waals surface area contributed by atoms with Crippen LogP contribution in [0.1, 0.15) is 40.6 Å². The Kier molecular flexibility index (Phi) is 5.40. The van der Waals surface area contributed by atoms with Gasteiger partial charge in [-0.05, 0) is 66.3 Å². The first-order valence-corrected chi connectivity index (χ1v) is 11.2. The van der Waals surface area contributed by atoms with Crippen LogP contribution in [-0.4, -0.2) is 18.4 Å². The van der Waals surface area contributed by atoms with Gasteiger partial charge in [-0.15, -0.1) is 0 Å². The minimum atomic E-state index is -0.0629. The zero-order valence-electron chi connectivity index (χ0n) is 18.0. The molecular formula is C27H25ClN2O2. The standard InChI is InChI=1S/C27H25ClN2O2/c1-16-6-11-24-22(12-16)20-4-3-5-21(20)26(30-24)18-7-9-19(10-8-18)29-15-17-13-23(28)27(31)25(14-17)32-2/h3-4,6-15,20-21,26,30-31H,5H2,1-2H3/t20-,21+,26+/m1/s1. The SMILES string of the molecule is COc1cc(C=Nc2ccc([C@@H]3Nc4ccc(C)cc4[C@@H]4C=CC[C@@H]43)cc2)cc(Cl)c1O. The third kappa shape index (κ3) is 3.76.